The Morgan fingerprint density at radius 2 is 1.35 bits per heavy atom. The van der Waals surface area contributed by atoms with E-state index < -0.39 is 30.3 Å². The molecular formula is C20H35NO5. The van der Waals surface area contributed by atoms with Crippen LogP contribution in [0.4, 0.5) is 0 Å². The molecule has 0 aromatic rings. The summed E-state index contributed by atoms with van der Waals surface area (Å²) in [6.07, 6.45) is 17.0. The molecule has 0 aliphatic heterocycles. The molecule has 150 valence electrons. The van der Waals surface area contributed by atoms with Crippen LogP contribution in [0, 0.1) is 0 Å². The van der Waals surface area contributed by atoms with Gasteiger partial charge in [0.05, 0.1) is 6.42 Å². The molecule has 6 heteroatoms. The molecule has 0 aliphatic rings. The molecule has 1 amide bonds. The fraction of sp³-hybridized carbons (Fsp3) is 0.750. The maximum atomic E-state index is 11.6. The van der Waals surface area contributed by atoms with Crippen LogP contribution in [0.2, 0.25) is 0 Å². The lowest BCUT2D eigenvalue weighted by Gasteiger charge is -2.10. The molecule has 0 saturated heterocycles. The van der Waals surface area contributed by atoms with Crippen molar-refractivity contribution in [3.63, 3.8) is 0 Å². The maximum absolute atomic E-state index is 11.6. The van der Waals surface area contributed by atoms with Crippen molar-refractivity contribution in [1.29, 1.82) is 0 Å². The van der Waals surface area contributed by atoms with Gasteiger partial charge in [0.1, 0.15) is 6.04 Å². The van der Waals surface area contributed by atoms with Crippen molar-refractivity contribution in [3.05, 3.63) is 12.2 Å². The lowest BCUT2D eigenvalue weighted by molar-refractivity contribution is -0.146. The molecule has 0 rings (SSSR count). The summed E-state index contributed by atoms with van der Waals surface area (Å²) < 4.78 is 0. The Hall–Kier alpha value is -1.85. The predicted octanol–water partition coefficient (Wildman–Crippen LogP) is 4.29. The van der Waals surface area contributed by atoms with Crippen LogP contribution in [0.5, 0.6) is 0 Å². The minimum Gasteiger partial charge on any atom is -0.481 e. The van der Waals surface area contributed by atoms with Crippen LogP contribution in [0.15, 0.2) is 12.2 Å². The number of carbonyl (C=O) groups excluding carboxylic acids is 1. The Morgan fingerprint density at radius 3 is 1.81 bits per heavy atom. The van der Waals surface area contributed by atoms with Gasteiger partial charge >= 0.3 is 11.9 Å². The van der Waals surface area contributed by atoms with Gasteiger partial charge in [-0.3, -0.25) is 9.59 Å². The molecule has 26 heavy (non-hydrogen) atoms. The summed E-state index contributed by atoms with van der Waals surface area (Å²) in [5.41, 5.74) is 0. The Labute approximate surface area is 157 Å². The van der Waals surface area contributed by atoms with Crippen LogP contribution >= 0.6 is 0 Å². The summed E-state index contributed by atoms with van der Waals surface area (Å²) in [4.78, 5) is 33.0. The van der Waals surface area contributed by atoms with Gasteiger partial charge in [0, 0.05) is 0 Å². The summed E-state index contributed by atoms with van der Waals surface area (Å²) >= 11 is 0. The number of allylic oxidation sites excluding steroid dienone is 1. The normalized spacial score (nSPS) is 12.2. The number of amides is 1. The third kappa shape index (κ3) is 15.7. The first-order chi connectivity index (χ1) is 12.5. The van der Waals surface area contributed by atoms with Gasteiger partial charge in [-0.1, -0.05) is 77.2 Å². The van der Waals surface area contributed by atoms with E-state index in [2.05, 4.69) is 12.2 Å². The van der Waals surface area contributed by atoms with E-state index in [0.29, 0.717) is 0 Å². The second kappa shape index (κ2) is 16.6. The highest BCUT2D eigenvalue weighted by Gasteiger charge is 2.21. The summed E-state index contributed by atoms with van der Waals surface area (Å²) in [5.74, 6) is -3.18. The van der Waals surface area contributed by atoms with Crippen LogP contribution < -0.4 is 5.32 Å². The van der Waals surface area contributed by atoms with Gasteiger partial charge in [0.25, 0.3) is 0 Å². The van der Waals surface area contributed by atoms with E-state index in [0.717, 1.165) is 19.3 Å². The number of unbranched alkanes of at least 4 members (excludes halogenated alkanes) is 11. The van der Waals surface area contributed by atoms with Gasteiger partial charge in [0.2, 0.25) is 5.91 Å². The van der Waals surface area contributed by atoms with Crippen molar-refractivity contribution in [3.8, 4) is 0 Å². The first kappa shape index (κ1) is 24.1. The maximum Gasteiger partial charge on any atom is 0.326 e. The molecule has 0 radical (unpaired) electrons. The van der Waals surface area contributed by atoms with Crippen molar-refractivity contribution in [2.45, 2.75) is 96.4 Å². The number of hydrogen-bond acceptors (Lipinski definition) is 3. The number of nitrogens with one attached hydrogen (secondary N) is 1. The highest BCUT2D eigenvalue weighted by atomic mass is 16.4. The first-order valence-corrected chi connectivity index (χ1v) is 9.89. The zero-order chi connectivity index (χ0) is 19.6. The van der Waals surface area contributed by atoms with Crippen LogP contribution in [0.1, 0.15) is 90.4 Å². The minimum atomic E-state index is -1.40. The Kier molecular flexibility index (Phi) is 15.4. The quantitative estimate of drug-likeness (QED) is 0.262. The zero-order valence-electron chi connectivity index (χ0n) is 16.0. The number of hydrogen-bond donors (Lipinski definition) is 3. The van der Waals surface area contributed by atoms with Crippen LogP contribution in [-0.2, 0) is 14.4 Å². The van der Waals surface area contributed by atoms with E-state index in [-0.39, 0.29) is 0 Å². The molecule has 0 fully saturated rings. The third-order valence-electron chi connectivity index (χ3n) is 4.24. The minimum absolute atomic E-state index is 0.568. The van der Waals surface area contributed by atoms with Crippen molar-refractivity contribution >= 4 is 17.8 Å². The lowest BCUT2D eigenvalue weighted by Crippen LogP contribution is -2.41. The Morgan fingerprint density at radius 1 is 0.846 bits per heavy atom. The largest absolute Gasteiger partial charge is 0.481 e. The first-order valence-electron chi connectivity index (χ1n) is 9.89. The van der Waals surface area contributed by atoms with Crippen molar-refractivity contribution < 1.29 is 24.6 Å². The van der Waals surface area contributed by atoms with Gasteiger partial charge < -0.3 is 15.5 Å². The van der Waals surface area contributed by atoms with Gasteiger partial charge in [-0.25, -0.2) is 4.79 Å². The monoisotopic (exact) mass is 369 g/mol. The molecule has 3 N–H and O–H groups in total. The molecule has 0 aromatic heterocycles. The number of aliphatic carboxylic acids is 2. The highest BCUT2D eigenvalue weighted by Crippen LogP contribution is 2.12. The fourth-order valence-corrected chi connectivity index (χ4v) is 2.71. The van der Waals surface area contributed by atoms with Crippen molar-refractivity contribution in [1.82, 2.24) is 5.32 Å². The summed E-state index contributed by atoms with van der Waals surface area (Å²) in [6.45, 7) is 2.23. The fourth-order valence-electron chi connectivity index (χ4n) is 2.71. The SMILES string of the molecule is CCCCCCCCCCCCCC=CC(=O)N[C@@H](CC(=O)O)C(=O)O. The van der Waals surface area contributed by atoms with E-state index in [1.165, 1.54) is 63.9 Å². The number of carboxylic acid groups (broad SMARTS) is 2. The summed E-state index contributed by atoms with van der Waals surface area (Å²) in [6, 6.07) is -1.40. The molecule has 0 aliphatic carbocycles. The van der Waals surface area contributed by atoms with E-state index in [9.17, 15) is 14.4 Å². The van der Waals surface area contributed by atoms with E-state index in [1.807, 2.05) is 0 Å². The zero-order valence-corrected chi connectivity index (χ0v) is 16.0. The molecule has 0 saturated carbocycles. The second-order valence-corrected chi connectivity index (χ2v) is 6.72. The van der Waals surface area contributed by atoms with Gasteiger partial charge in [-0.05, 0) is 18.9 Å². The Bertz CT molecular complexity index is 434. The number of rotatable bonds is 17. The molecule has 0 unspecified atom stereocenters. The Balaban J connectivity index is 3.60. The van der Waals surface area contributed by atoms with Gasteiger partial charge in [0.15, 0.2) is 0 Å². The summed E-state index contributed by atoms with van der Waals surface area (Å²) in [5, 5.41) is 19.6. The van der Waals surface area contributed by atoms with E-state index in [4.69, 9.17) is 10.2 Å². The number of carboxylic acids is 2. The smallest absolute Gasteiger partial charge is 0.326 e. The molecule has 0 spiro atoms. The van der Waals surface area contributed by atoms with Crippen molar-refractivity contribution in [2.75, 3.05) is 0 Å². The van der Waals surface area contributed by atoms with E-state index >= 15 is 0 Å². The summed E-state index contributed by atoms with van der Waals surface area (Å²) in [7, 11) is 0. The molecule has 0 aromatic carbocycles. The average molecular weight is 370 g/mol. The molecular weight excluding hydrogens is 334 g/mol. The molecule has 1 atom stereocenters. The van der Waals surface area contributed by atoms with Crippen LogP contribution in [-0.4, -0.2) is 34.1 Å². The topological polar surface area (TPSA) is 104 Å². The third-order valence-corrected chi connectivity index (χ3v) is 4.24. The predicted molar refractivity (Wildman–Crippen MR) is 102 cm³/mol. The van der Waals surface area contributed by atoms with Crippen molar-refractivity contribution in [2.24, 2.45) is 0 Å². The van der Waals surface area contributed by atoms with Gasteiger partial charge in [-0.15, -0.1) is 0 Å². The van der Waals surface area contributed by atoms with Crippen LogP contribution in [0.3, 0.4) is 0 Å². The highest BCUT2D eigenvalue weighted by molar-refractivity contribution is 5.92. The second-order valence-electron chi connectivity index (χ2n) is 6.72. The molecule has 0 bridgehead atoms. The standard InChI is InChI=1S/C20H35NO5/c1-2-3-4-5-6-7-8-9-10-11-12-13-14-15-18(22)21-17(20(25)26)16-19(23)24/h14-15,17H,2-13,16H2,1H3,(H,21,22)(H,23,24)(H,25,26)/t17-/m0/s1. The molecule has 0 heterocycles. The van der Waals surface area contributed by atoms with E-state index in [1.54, 1.807) is 6.08 Å². The average Bonchev–Trinajstić information content (AvgIpc) is 2.58. The van der Waals surface area contributed by atoms with Crippen LogP contribution in [0.25, 0.3) is 0 Å². The van der Waals surface area contributed by atoms with Gasteiger partial charge in [-0.2, -0.15) is 0 Å². The number of carbonyl (C=O) groups is 3. The molecule has 6 nitrogen and oxygen atoms in total. The lowest BCUT2D eigenvalue weighted by atomic mass is 10.1.